The van der Waals surface area contributed by atoms with Crippen LogP contribution >= 0.6 is 0 Å². The Balaban J connectivity index is 1.66. The number of pyridine rings is 2. The number of nitrogens with zero attached hydrogens (tertiary/aromatic N) is 6. The van der Waals surface area contributed by atoms with Crippen molar-refractivity contribution >= 4 is 17.0 Å². The molecule has 3 N–H and O–H groups in total. The van der Waals surface area contributed by atoms with Gasteiger partial charge in [-0.15, -0.1) is 5.10 Å². The highest BCUT2D eigenvalue weighted by molar-refractivity contribution is 5.89. The Kier molecular flexibility index (Phi) is 4.90. The van der Waals surface area contributed by atoms with Crippen LogP contribution in [0, 0.1) is 11.3 Å². The minimum atomic E-state index is 0.491. The molecule has 0 atom stereocenters. The average Bonchev–Trinajstić information content (AvgIpc) is 3.27. The molecule has 0 spiro atoms. The SMILES string of the molecule is N#Cc1cccc(-c2ccn3nc(-c4cncc(N)c4)nc(NCc4ccccn4)c23)c1. The first-order valence-electron chi connectivity index (χ1n) is 9.96. The van der Waals surface area contributed by atoms with E-state index in [-0.39, 0.29) is 0 Å². The van der Waals surface area contributed by atoms with Crippen molar-refractivity contribution in [2.24, 2.45) is 0 Å². The predicted octanol–water partition coefficient (Wildman–Crippen LogP) is 3.92. The summed E-state index contributed by atoms with van der Waals surface area (Å²) in [5.41, 5.74) is 11.3. The number of nitriles is 1. The van der Waals surface area contributed by atoms with Gasteiger partial charge >= 0.3 is 0 Å². The lowest BCUT2D eigenvalue weighted by Crippen LogP contribution is -2.08. The van der Waals surface area contributed by atoms with E-state index >= 15 is 0 Å². The number of rotatable bonds is 5. The fourth-order valence-electron chi connectivity index (χ4n) is 3.52. The topological polar surface area (TPSA) is 118 Å². The molecule has 0 saturated heterocycles. The van der Waals surface area contributed by atoms with E-state index in [0.717, 1.165) is 27.9 Å². The quantitative estimate of drug-likeness (QED) is 0.444. The summed E-state index contributed by atoms with van der Waals surface area (Å²) in [4.78, 5) is 13.3. The maximum absolute atomic E-state index is 9.31. The predicted molar refractivity (Wildman–Crippen MR) is 122 cm³/mol. The maximum atomic E-state index is 9.31. The molecule has 0 unspecified atom stereocenters. The molecular formula is C24H18N8. The zero-order chi connectivity index (χ0) is 21.9. The smallest absolute Gasteiger partial charge is 0.183 e. The summed E-state index contributed by atoms with van der Waals surface area (Å²) in [7, 11) is 0. The zero-order valence-electron chi connectivity index (χ0n) is 17.0. The minimum absolute atomic E-state index is 0.491. The highest BCUT2D eigenvalue weighted by atomic mass is 15.3. The van der Waals surface area contributed by atoms with Gasteiger partial charge in [-0.2, -0.15) is 5.26 Å². The molecule has 0 bridgehead atoms. The zero-order valence-corrected chi connectivity index (χ0v) is 17.0. The largest absolute Gasteiger partial charge is 0.397 e. The highest BCUT2D eigenvalue weighted by Gasteiger charge is 2.16. The van der Waals surface area contributed by atoms with Crippen LogP contribution in [0.2, 0.25) is 0 Å². The van der Waals surface area contributed by atoms with Gasteiger partial charge in [0, 0.05) is 35.9 Å². The average molecular weight is 418 g/mol. The van der Waals surface area contributed by atoms with Gasteiger partial charge in [-0.1, -0.05) is 18.2 Å². The van der Waals surface area contributed by atoms with Gasteiger partial charge in [0.25, 0.3) is 0 Å². The Morgan fingerprint density at radius 3 is 2.78 bits per heavy atom. The summed E-state index contributed by atoms with van der Waals surface area (Å²) in [5, 5.41) is 17.4. The molecule has 8 heteroatoms. The molecule has 4 aromatic heterocycles. The lowest BCUT2D eigenvalue weighted by molar-refractivity contribution is 0.906. The van der Waals surface area contributed by atoms with Crippen LogP contribution in [-0.2, 0) is 6.54 Å². The van der Waals surface area contributed by atoms with E-state index in [1.807, 2.05) is 48.7 Å². The second-order valence-electron chi connectivity index (χ2n) is 7.18. The van der Waals surface area contributed by atoms with E-state index in [2.05, 4.69) is 26.5 Å². The number of fused-ring (bicyclic) bond motifs is 1. The van der Waals surface area contributed by atoms with E-state index in [4.69, 9.17) is 10.7 Å². The standard InChI is InChI=1S/C24H18N8/c25-12-16-4-3-5-17(10-16)21-7-9-32-22(21)24(29-15-20-6-1-2-8-28-20)30-23(31-32)18-11-19(26)14-27-13-18/h1-11,13-14H,15,26H2,(H,29,30,31). The molecule has 1 aromatic carbocycles. The Labute approximate surface area is 184 Å². The summed E-state index contributed by atoms with van der Waals surface area (Å²) < 4.78 is 1.78. The van der Waals surface area contributed by atoms with Crippen LogP contribution < -0.4 is 11.1 Å². The number of nitrogens with two attached hydrogens (primary N) is 1. The lowest BCUT2D eigenvalue weighted by Gasteiger charge is -2.12. The number of nitrogens with one attached hydrogen (secondary N) is 1. The summed E-state index contributed by atoms with van der Waals surface area (Å²) in [5.74, 6) is 1.14. The van der Waals surface area contributed by atoms with Crippen LogP contribution in [0.25, 0.3) is 28.0 Å². The number of aromatic nitrogens is 5. The molecule has 5 rings (SSSR count). The lowest BCUT2D eigenvalue weighted by atomic mass is 10.0. The Morgan fingerprint density at radius 2 is 1.97 bits per heavy atom. The molecule has 0 saturated carbocycles. The minimum Gasteiger partial charge on any atom is -0.397 e. The van der Waals surface area contributed by atoms with E-state index in [1.165, 1.54) is 0 Å². The van der Waals surface area contributed by atoms with Gasteiger partial charge in [-0.3, -0.25) is 9.97 Å². The first-order valence-corrected chi connectivity index (χ1v) is 9.96. The first-order chi connectivity index (χ1) is 15.7. The molecule has 0 radical (unpaired) electrons. The first kappa shape index (κ1) is 19.2. The molecule has 0 fully saturated rings. The third-order valence-electron chi connectivity index (χ3n) is 4.99. The number of nitrogen functional groups attached to an aromatic ring is 1. The van der Waals surface area contributed by atoms with Gasteiger partial charge in [0.15, 0.2) is 11.6 Å². The number of anilines is 2. The Bertz CT molecular complexity index is 1450. The van der Waals surface area contributed by atoms with Gasteiger partial charge in [-0.05, 0) is 42.0 Å². The van der Waals surface area contributed by atoms with Crippen LogP contribution in [0.3, 0.4) is 0 Å². The van der Waals surface area contributed by atoms with Crippen molar-refractivity contribution < 1.29 is 0 Å². The van der Waals surface area contributed by atoms with Crippen molar-refractivity contribution in [3.8, 4) is 28.6 Å². The fraction of sp³-hybridized carbons (Fsp3) is 0.0417. The molecule has 0 amide bonds. The monoisotopic (exact) mass is 418 g/mol. The Hall–Kier alpha value is -4.77. The molecule has 154 valence electrons. The molecule has 4 heterocycles. The van der Waals surface area contributed by atoms with Gasteiger partial charge in [-0.25, -0.2) is 9.50 Å². The van der Waals surface area contributed by atoms with E-state index in [0.29, 0.717) is 29.4 Å². The molecule has 8 nitrogen and oxygen atoms in total. The van der Waals surface area contributed by atoms with Gasteiger partial charge in [0.2, 0.25) is 0 Å². The molecular weight excluding hydrogens is 400 g/mol. The summed E-state index contributed by atoms with van der Waals surface area (Å²) in [6.45, 7) is 0.491. The van der Waals surface area contributed by atoms with Crippen molar-refractivity contribution in [1.82, 2.24) is 24.6 Å². The van der Waals surface area contributed by atoms with Crippen LogP contribution in [0.1, 0.15) is 11.3 Å². The third kappa shape index (κ3) is 3.70. The third-order valence-corrected chi connectivity index (χ3v) is 4.99. The second kappa shape index (κ2) is 8.16. The van der Waals surface area contributed by atoms with Gasteiger partial charge < -0.3 is 11.1 Å². The molecule has 5 aromatic rings. The summed E-state index contributed by atoms with van der Waals surface area (Å²) in [6.07, 6.45) is 6.89. The molecule has 0 aliphatic heterocycles. The number of benzene rings is 1. The van der Waals surface area contributed by atoms with E-state index in [1.54, 1.807) is 35.2 Å². The Morgan fingerprint density at radius 1 is 1.03 bits per heavy atom. The van der Waals surface area contributed by atoms with Crippen molar-refractivity contribution in [2.75, 3.05) is 11.1 Å². The van der Waals surface area contributed by atoms with E-state index in [9.17, 15) is 5.26 Å². The summed E-state index contributed by atoms with van der Waals surface area (Å²) >= 11 is 0. The van der Waals surface area contributed by atoms with Crippen molar-refractivity contribution in [1.29, 1.82) is 5.26 Å². The number of hydrogen-bond acceptors (Lipinski definition) is 7. The van der Waals surface area contributed by atoms with Crippen molar-refractivity contribution in [3.63, 3.8) is 0 Å². The molecule has 0 aliphatic carbocycles. The molecule has 32 heavy (non-hydrogen) atoms. The fourth-order valence-corrected chi connectivity index (χ4v) is 3.52. The van der Waals surface area contributed by atoms with Crippen LogP contribution in [0.15, 0.2) is 79.4 Å². The van der Waals surface area contributed by atoms with Crippen LogP contribution in [-0.4, -0.2) is 24.6 Å². The normalized spacial score (nSPS) is 10.7. The van der Waals surface area contributed by atoms with Crippen molar-refractivity contribution in [3.05, 3.63) is 90.6 Å². The highest BCUT2D eigenvalue weighted by Crippen LogP contribution is 2.31. The van der Waals surface area contributed by atoms with Gasteiger partial charge in [0.05, 0.1) is 29.6 Å². The van der Waals surface area contributed by atoms with Crippen LogP contribution in [0.5, 0.6) is 0 Å². The maximum Gasteiger partial charge on any atom is 0.183 e. The van der Waals surface area contributed by atoms with E-state index < -0.39 is 0 Å². The number of hydrogen-bond donors (Lipinski definition) is 2. The summed E-state index contributed by atoms with van der Waals surface area (Å²) in [6, 6.07) is 19.2. The van der Waals surface area contributed by atoms with Crippen LogP contribution in [0.4, 0.5) is 11.5 Å². The second-order valence-corrected chi connectivity index (χ2v) is 7.18. The van der Waals surface area contributed by atoms with Gasteiger partial charge in [0.1, 0.15) is 5.52 Å². The molecule has 0 aliphatic rings. The van der Waals surface area contributed by atoms with Crippen molar-refractivity contribution in [2.45, 2.75) is 6.54 Å².